The normalized spacial score (nSPS) is 15.4. The summed E-state index contributed by atoms with van der Waals surface area (Å²) in [7, 11) is 0. The molecule has 2 N–H and O–H groups in total. The SMILES string of the molecule is CC(C)NCCC(C)(O)Cc1ccc(Cl)s1. The molecule has 0 bridgehead atoms. The van der Waals surface area contributed by atoms with Crippen LogP contribution in [-0.4, -0.2) is 23.3 Å². The molecule has 0 aliphatic carbocycles. The standard InChI is InChI=1S/C12H20ClNOS/c1-9(2)14-7-6-12(3,15)8-10-4-5-11(13)16-10/h4-5,9,14-15H,6-8H2,1-3H3. The molecule has 2 nitrogen and oxygen atoms in total. The quantitative estimate of drug-likeness (QED) is 0.825. The van der Waals surface area contributed by atoms with Crippen molar-refractivity contribution in [2.45, 2.75) is 45.3 Å². The molecule has 0 aliphatic rings. The van der Waals surface area contributed by atoms with E-state index in [0.717, 1.165) is 22.2 Å². The number of hydrogen-bond donors (Lipinski definition) is 2. The number of hydrogen-bond acceptors (Lipinski definition) is 3. The van der Waals surface area contributed by atoms with Crippen molar-refractivity contribution in [2.75, 3.05) is 6.54 Å². The molecule has 1 heterocycles. The lowest BCUT2D eigenvalue weighted by molar-refractivity contribution is 0.0519. The molecule has 92 valence electrons. The Kier molecular flexibility index (Phi) is 5.25. The molecule has 0 aliphatic heterocycles. The maximum atomic E-state index is 10.2. The van der Waals surface area contributed by atoms with Crippen LogP contribution in [0.5, 0.6) is 0 Å². The zero-order valence-electron chi connectivity index (χ0n) is 10.1. The summed E-state index contributed by atoms with van der Waals surface area (Å²) in [6, 6.07) is 4.33. The molecule has 1 atom stereocenters. The Labute approximate surface area is 107 Å². The number of nitrogens with one attached hydrogen (secondary N) is 1. The Morgan fingerprint density at radius 1 is 1.50 bits per heavy atom. The Hall–Kier alpha value is -0.0900. The molecule has 1 aromatic rings. The zero-order valence-corrected chi connectivity index (χ0v) is 11.7. The Balaban J connectivity index is 2.39. The third kappa shape index (κ3) is 5.30. The van der Waals surface area contributed by atoms with Crippen molar-refractivity contribution in [3.05, 3.63) is 21.3 Å². The molecule has 1 aromatic heterocycles. The number of rotatable bonds is 6. The summed E-state index contributed by atoms with van der Waals surface area (Å²) in [4.78, 5) is 1.14. The van der Waals surface area contributed by atoms with Gasteiger partial charge in [-0.2, -0.15) is 0 Å². The molecule has 1 unspecified atom stereocenters. The molecular weight excluding hydrogens is 242 g/mol. The monoisotopic (exact) mass is 261 g/mol. The van der Waals surface area contributed by atoms with E-state index in [1.54, 1.807) is 0 Å². The molecule has 0 radical (unpaired) electrons. The van der Waals surface area contributed by atoms with Gasteiger partial charge in [-0.25, -0.2) is 0 Å². The van der Waals surface area contributed by atoms with E-state index in [2.05, 4.69) is 19.2 Å². The van der Waals surface area contributed by atoms with Crippen LogP contribution >= 0.6 is 22.9 Å². The van der Waals surface area contributed by atoms with Gasteiger partial charge in [0.05, 0.1) is 9.94 Å². The number of thiophene rings is 1. The molecule has 4 heteroatoms. The van der Waals surface area contributed by atoms with E-state index in [4.69, 9.17) is 11.6 Å². The second-order valence-corrected chi connectivity index (χ2v) is 6.54. The summed E-state index contributed by atoms with van der Waals surface area (Å²) in [5, 5.41) is 13.5. The van der Waals surface area contributed by atoms with Crippen LogP contribution in [0.4, 0.5) is 0 Å². The van der Waals surface area contributed by atoms with Crippen LogP contribution in [0.25, 0.3) is 0 Å². The molecule has 0 spiro atoms. The highest BCUT2D eigenvalue weighted by atomic mass is 35.5. The Morgan fingerprint density at radius 2 is 2.19 bits per heavy atom. The minimum Gasteiger partial charge on any atom is -0.390 e. The lowest BCUT2D eigenvalue weighted by atomic mass is 9.97. The van der Waals surface area contributed by atoms with Gasteiger partial charge in [0.15, 0.2) is 0 Å². The van der Waals surface area contributed by atoms with E-state index in [9.17, 15) is 5.11 Å². The average molecular weight is 262 g/mol. The fraction of sp³-hybridized carbons (Fsp3) is 0.667. The minimum absolute atomic E-state index is 0.465. The van der Waals surface area contributed by atoms with Crippen molar-refractivity contribution in [1.29, 1.82) is 0 Å². The van der Waals surface area contributed by atoms with E-state index in [1.807, 2.05) is 19.1 Å². The van der Waals surface area contributed by atoms with Crippen LogP contribution in [0.15, 0.2) is 12.1 Å². The van der Waals surface area contributed by atoms with E-state index in [1.165, 1.54) is 11.3 Å². The first kappa shape index (κ1) is 14.0. The highest BCUT2D eigenvalue weighted by Gasteiger charge is 2.21. The fourth-order valence-electron chi connectivity index (χ4n) is 1.54. The fourth-order valence-corrected chi connectivity index (χ4v) is 2.81. The van der Waals surface area contributed by atoms with Gasteiger partial charge < -0.3 is 10.4 Å². The average Bonchev–Trinajstić information content (AvgIpc) is 2.48. The maximum absolute atomic E-state index is 10.2. The first-order chi connectivity index (χ1) is 7.39. The Bertz CT molecular complexity index is 323. The summed E-state index contributed by atoms with van der Waals surface area (Å²) in [6.45, 7) is 6.92. The molecule has 16 heavy (non-hydrogen) atoms. The van der Waals surface area contributed by atoms with Gasteiger partial charge in [0.1, 0.15) is 0 Å². The van der Waals surface area contributed by atoms with Crippen molar-refractivity contribution >= 4 is 22.9 Å². The van der Waals surface area contributed by atoms with Crippen LogP contribution in [0.3, 0.4) is 0 Å². The lowest BCUT2D eigenvalue weighted by Gasteiger charge is -2.23. The molecule has 0 amide bonds. The minimum atomic E-state index is -0.657. The predicted molar refractivity (Wildman–Crippen MR) is 71.4 cm³/mol. The van der Waals surface area contributed by atoms with Gasteiger partial charge in [-0.1, -0.05) is 25.4 Å². The van der Waals surface area contributed by atoms with Gasteiger partial charge >= 0.3 is 0 Å². The van der Waals surface area contributed by atoms with E-state index >= 15 is 0 Å². The van der Waals surface area contributed by atoms with Crippen molar-refractivity contribution in [3.8, 4) is 0 Å². The van der Waals surface area contributed by atoms with Gasteiger partial charge in [-0.05, 0) is 32.0 Å². The van der Waals surface area contributed by atoms with E-state index < -0.39 is 5.60 Å². The van der Waals surface area contributed by atoms with Gasteiger partial charge in [0, 0.05) is 17.3 Å². The van der Waals surface area contributed by atoms with E-state index in [-0.39, 0.29) is 0 Å². The van der Waals surface area contributed by atoms with Crippen LogP contribution in [-0.2, 0) is 6.42 Å². The van der Waals surface area contributed by atoms with Crippen LogP contribution in [0.2, 0.25) is 4.34 Å². The second kappa shape index (κ2) is 6.01. The molecule has 0 fully saturated rings. The highest BCUT2D eigenvalue weighted by Crippen LogP contribution is 2.26. The maximum Gasteiger partial charge on any atom is 0.0931 e. The summed E-state index contributed by atoms with van der Waals surface area (Å²) < 4.78 is 0.783. The van der Waals surface area contributed by atoms with E-state index in [0.29, 0.717) is 12.5 Å². The van der Waals surface area contributed by atoms with Crippen LogP contribution in [0, 0.1) is 0 Å². The summed E-state index contributed by atoms with van der Waals surface area (Å²) >= 11 is 7.40. The van der Waals surface area contributed by atoms with Crippen molar-refractivity contribution in [1.82, 2.24) is 5.32 Å². The third-order valence-electron chi connectivity index (χ3n) is 2.40. The number of aliphatic hydroxyl groups is 1. The Morgan fingerprint density at radius 3 is 2.69 bits per heavy atom. The zero-order chi connectivity index (χ0) is 12.2. The first-order valence-electron chi connectivity index (χ1n) is 5.59. The predicted octanol–water partition coefficient (Wildman–Crippen LogP) is 3.08. The van der Waals surface area contributed by atoms with Gasteiger partial charge in [0.25, 0.3) is 0 Å². The van der Waals surface area contributed by atoms with Crippen molar-refractivity contribution < 1.29 is 5.11 Å². The highest BCUT2D eigenvalue weighted by molar-refractivity contribution is 7.16. The largest absolute Gasteiger partial charge is 0.390 e. The summed E-state index contributed by atoms with van der Waals surface area (Å²) in [5.41, 5.74) is -0.657. The van der Waals surface area contributed by atoms with Crippen molar-refractivity contribution in [2.24, 2.45) is 0 Å². The van der Waals surface area contributed by atoms with Crippen LogP contribution < -0.4 is 5.32 Å². The molecule has 0 aromatic carbocycles. The summed E-state index contributed by atoms with van der Waals surface area (Å²) in [6.07, 6.45) is 1.42. The molecule has 0 saturated carbocycles. The first-order valence-corrected chi connectivity index (χ1v) is 6.78. The number of halogens is 1. The summed E-state index contributed by atoms with van der Waals surface area (Å²) in [5.74, 6) is 0. The van der Waals surface area contributed by atoms with Gasteiger partial charge in [-0.3, -0.25) is 0 Å². The van der Waals surface area contributed by atoms with Crippen molar-refractivity contribution in [3.63, 3.8) is 0 Å². The van der Waals surface area contributed by atoms with Crippen LogP contribution in [0.1, 0.15) is 32.1 Å². The lowest BCUT2D eigenvalue weighted by Crippen LogP contribution is -2.34. The molecular formula is C12H20ClNOS. The van der Waals surface area contributed by atoms with Gasteiger partial charge in [0.2, 0.25) is 0 Å². The van der Waals surface area contributed by atoms with Gasteiger partial charge in [-0.15, -0.1) is 11.3 Å². The molecule has 1 rings (SSSR count). The second-order valence-electron chi connectivity index (χ2n) is 4.74. The third-order valence-corrected chi connectivity index (χ3v) is 3.63. The topological polar surface area (TPSA) is 32.3 Å². The molecule has 0 saturated heterocycles. The smallest absolute Gasteiger partial charge is 0.0931 e.